The number of pyridine rings is 1. The Bertz CT molecular complexity index is 4970. The maximum absolute atomic E-state index is 5.35. The average molecular weight is 1150 g/mol. The Balaban J connectivity index is 1.01. The van der Waals surface area contributed by atoms with E-state index in [0.29, 0.717) is 87.4 Å². The van der Waals surface area contributed by atoms with E-state index in [-0.39, 0.29) is 0 Å². The van der Waals surface area contributed by atoms with Crippen molar-refractivity contribution in [1.82, 2.24) is 88.9 Å². The number of rotatable bonds is 10. The first-order valence-corrected chi connectivity index (χ1v) is 28.7. The smallest absolute Gasteiger partial charge is 0.164 e. The molecule has 8 aromatic heterocycles. The molecule has 18 heteroatoms. The Morgan fingerprint density at radius 3 is 0.966 bits per heavy atom. The van der Waals surface area contributed by atoms with Gasteiger partial charge in [-0.15, -0.1) is 0 Å². The van der Waals surface area contributed by atoms with E-state index in [1.54, 1.807) is 0 Å². The second-order valence-corrected chi connectivity index (χ2v) is 21.8. The fourth-order valence-corrected chi connectivity index (χ4v) is 11.9. The van der Waals surface area contributed by atoms with Crippen molar-refractivity contribution in [2.24, 2.45) is 0 Å². The van der Waals surface area contributed by atoms with Gasteiger partial charge in [-0.3, -0.25) is 4.98 Å². The lowest BCUT2D eigenvalue weighted by atomic mass is 9.97. The fraction of sp³-hybridized carbons (Fsp3) is 0.114. The number of fused-ring (bicyclic) bond motifs is 6. The second kappa shape index (κ2) is 21.1. The van der Waals surface area contributed by atoms with Gasteiger partial charge in [0.1, 0.15) is 46.6 Å². The van der Waals surface area contributed by atoms with Gasteiger partial charge in [0.2, 0.25) is 0 Å². The lowest BCUT2D eigenvalue weighted by Gasteiger charge is -2.18. The SMILES string of the molecule is Cc1nc(C)nc(-c2ccc3c(c2)c2cc(-c4nc(C)nc(C)n4)ccc2n3-c2ccc(-c3nc(-c4ccccc4)nc(-c4ccccc4)n3)c(-c3cnccc3-n3c4ccc(-c5nc(C)nc(C)n5)cc4c4cc(-c5nc(C)nc(C)n5)ccc43)c2)n1. The van der Waals surface area contributed by atoms with Crippen LogP contribution in [0.15, 0.2) is 170 Å². The summed E-state index contributed by atoms with van der Waals surface area (Å²) in [6.07, 6.45) is 3.77. The van der Waals surface area contributed by atoms with Gasteiger partial charge in [0, 0.05) is 84.1 Å². The van der Waals surface area contributed by atoms with Crippen LogP contribution in [0.5, 0.6) is 0 Å². The summed E-state index contributed by atoms with van der Waals surface area (Å²) in [5.74, 6) is 9.05. The van der Waals surface area contributed by atoms with Gasteiger partial charge in [0.05, 0.1) is 27.8 Å². The molecule has 0 bridgehead atoms. The minimum Gasteiger partial charge on any atom is -0.309 e. The summed E-state index contributed by atoms with van der Waals surface area (Å²) in [4.78, 5) is 77.1. The van der Waals surface area contributed by atoms with Gasteiger partial charge in [0.25, 0.3) is 0 Å². The molecule has 0 amide bonds. The van der Waals surface area contributed by atoms with Gasteiger partial charge in [-0.1, -0.05) is 60.7 Å². The standard InChI is InChI=1S/C70H52N18/c1-37-72-38(2)77-66(76-37)47-19-25-59-54(31-47)55-32-48(67-78-39(3)73-40(4)79-67)20-26-60(55)87(59)51-23-24-52(70-85-64(45-15-11-9-12-16-45)84-65(86-70)46-17-13-10-14-18-46)53(35-51)58-36-71-30-29-63(58)88-61-27-21-49(68-80-41(5)74-42(6)81-68)33-56(61)57-34-50(22-28-62(57)88)69-82-43(7)75-44(8)83-69/h9-36H,1-8H3. The lowest BCUT2D eigenvalue weighted by molar-refractivity contribution is 0.928. The Hall–Kier alpha value is -11.7. The zero-order valence-corrected chi connectivity index (χ0v) is 49.2. The number of aromatic nitrogens is 18. The summed E-state index contributed by atoms with van der Waals surface area (Å²) in [6, 6.07) is 54.1. The summed E-state index contributed by atoms with van der Waals surface area (Å²) in [5.41, 5.74) is 13.0. The van der Waals surface area contributed by atoms with Gasteiger partial charge in [-0.05, 0) is 158 Å². The van der Waals surface area contributed by atoms with E-state index in [2.05, 4.69) is 126 Å². The summed E-state index contributed by atoms with van der Waals surface area (Å²) >= 11 is 0. The van der Waals surface area contributed by atoms with E-state index in [4.69, 9.17) is 59.8 Å². The average Bonchev–Trinajstić information content (AvgIpc) is 1.61. The molecule has 0 unspecified atom stereocenters. The third kappa shape index (κ3) is 9.58. The molecular weight excluding hydrogens is 1090 g/mol. The van der Waals surface area contributed by atoms with E-state index in [9.17, 15) is 0 Å². The monoisotopic (exact) mass is 1140 g/mol. The zero-order chi connectivity index (χ0) is 59.9. The van der Waals surface area contributed by atoms with Crippen molar-refractivity contribution in [3.63, 3.8) is 0 Å². The summed E-state index contributed by atoms with van der Waals surface area (Å²) < 4.78 is 4.60. The first kappa shape index (κ1) is 53.1. The lowest BCUT2D eigenvalue weighted by Crippen LogP contribution is -2.04. The number of aryl methyl sites for hydroxylation is 8. The van der Waals surface area contributed by atoms with Gasteiger partial charge in [-0.25, -0.2) is 74.8 Å². The number of hydrogen-bond donors (Lipinski definition) is 0. The fourth-order valence-electron chi connectivity index (χ4n) is 11.9. The summed E-state index contributed by atoms with van der Waals surface area (Å²) in [7, 11) is 0. The Labute approximate surface area is 504 Å². The highest BCUT2D eigenvalue weighted by Crippen LogP contribution is 2.44. The molecule has 15 rings (SSSR count). The molecule has 18 nitrogen and oxygen atoms in total. The molecule has 0 aliphatic carbocycles. The highest BCUT2D eigenvalue weighted by molar-refractivity contribution is 6.13. The van der Waals surface area contributed by atoms with E-state index < -0.39 is 0 Å². The van der Waals surface area contributed by atoms with Crippen LogP contribution >= 0.6 is 0 Å². The summed E-state index contributed by atoms with van der Waals surface area (Å²) in [6.45, 7) is 15.1. The van der Waals surface area contributed by atoms with Crippen LogP contribution in [0.4, 0.5) is 0 Å². The molecule has 8 heterocycles. The number of benzene rings is 7. The third-order valence-corrected chi connectivity index (χ3v) is 15.5. The molecule has 0 radical (unpaired) electrons. The van der Waals surface area contributed by atoms with Crippen LogP contribution in [0.1, 0.15) is 46.6 Å². The molecule has 0 saturated carbocycles. The van der Waals surface area contributed by atoms with Gasteiger partial charge >= 0.3 is 0 Å². The Morgan fingerprint density at radius 2 is 0.591 bits per heavy atom. The van der Waals surface area contributed by atoms with Crippen LogP contribution in [0.2, 0.25) is 0 Å². The van der Waals surface area contributed by atoms with E-state index in [1.807, 2.05) is 128 Å². The zero-order valence-electron chi connectivity index (χ0n) is 49.2. The highest BCUT2D eigenvalue weighted by Gasteiger charge is 2.25. The highest BCUT2D eigenvalue weighted by atomic mass is 15.1. The van der Waals surface area contributed by atoms with Crippen molar-refractivity contribution in [3.8, 4) is 102 Å². The molecular formula is C70H52N18. The number of hydrogen-bond acceptors (Lipinski definition) is 16. The first-order chi connectivity index (χ1) is 42.8. The molecule has 0 atom stereocenters. The Morgan fingerprint density at radius 1 is 0.250 bits per heavy atom. The van der Waals surface area contributed by atoms with Crippen LogP contribution in [-0.2, 0) is 0 Å². The minimum atomic E-state index is 0.480. The molecule has 0 fully saturated rings. The van der Waals surface area contributed by atoms with Crippen molar-refractivity contribution in [2.45, 2.75) is 55.4 Å². The summed E-state index contributed by atoms with van der Waals surface area (Å²) in [5, 5.41) is 3.89. The minimum absolute atomic E-state index is 0.480. The molecule has 15 aromatic rings. The number of nitrogens with zero attached hydrogens (tertiary/aromatic N) is 18. The molecule has 422 valence electrons. The maximum Gasteiger partial charge on any atom is 0.164 e. The molecule has 0 saturated heterocycles. The molecule has 88 heavy (non-hydrogen) atoms. The van der Waals surface area contributed by atoms with Crippen LogP contribution in [0.3, 0.4) is 0 Å². The van der Waals surface area contributed by atoms with Crippen LogP contribution in [-0.4, -0.2) is 88.9 Å². The van der Waals surface area contributed by atoms with Crippen molar-refractivity contribution in [3.05, 3.63) is 217 Å². The quantitative estimate of drug-likeness (QED) is 0.124. The molecule has 0 spiro atoms. The topological polar surface area (TPSA) is 216 Å². The predicted molar refractivity (Wildman–Crippen MR) is 341 cm³/mol. The molecule has 7 aromatic carbocycles. The second-order valence-electron chi connectivity index (χ2n) is 21.8. The van der Waals surface area contributed by atoms with Crippen molar-refractivity contribution in [2.75, 3.05) is 0 Å². The van der Waals surface area contributed by atoms with Crippen LogP contribution < -0.4 is 0 Å². The normalized spacial score (nSPS) is 11.6. The van der Waals surface area contributed by atoms with E-state index in [0.717, 1.165) is 105 Å². The van der Waals surface area contributed by atoms with E-state index >= 15 is 0 Å². The van der Waals surface area contributed by atoms with Crippen LogP contribution in [0.25, 0.3) is 146 Å². The van der Waals surface area contributed by atoms with Crippen molar-refractivity contribution >= 4 is 43.6 Å². The van der Waals surface area contributed by atoms with Crippen molar-refractivity contribution < 1.29 is 0 Å². The van der Waals surface area contributed by atoms with Gasteiger partial charge < -0.3 is 9.13 Å². The van der Waals surface area contributed by atoms with Crippen LogP contribution in [0, 0.1) is 55.4 Å². The third-order valence-electron chi connectivity index (χ3n) is 15.5. The molecule has 0 aliphatic heterocycles. The largest absolute Gasteiger partial charge is 0.309 e. The van der Waals surface area contributed by atoms with Gasteiger partial charge in [0.15, 0.2) is 40.8 Å². The van der Waals surface area contributed by atoms with Gasteiger partial charge in [-0.2, -0.15) is 0 Å². The van der Waals surface area contributed by atoms with Crippen molar-refractivity contribution in [1.29, 1.82) is 0 Å². The van der Waals surface area contributed by atoms with E-state index in [1.165, 1.54) is 0 Å². The molecule has 0 N–H and O–H groups in total. The predicted octanol–water partition coefficient (Wildman–Crippen LogP) is 14.0. The Kier molecular flexibility index (Phi) is 12.8. The molecule has 0 aliphatic rings. The first-order valence-electron chi connectivity index (χ1n) is 28.7. The maximum atomic E-state index is 5.35.